The molecule has 1 unspecified atom stereocenters. The number of esters is 1. The Bertz CT molecular complexity index is 588. The summed E-state index contributed by atoms with van der Waals surface area (Å²) in [6.45, 7) is 0.857. The molecule has 4 N–H and O–H groups in total. The number of primary amides is 1. The topological polar surface area (TPSA) is 128 Å². The number of ether oxygens (including phenoxy) is 1. The first-order valence-corrected chi connectivity index (χ1v) is 6.92. The van der Waals surface area contributed by atoms with Gasteiger partial charge in [0.25, 0.3) is 11.8 Å². The molecule has 8 nitrogen and oxygen atoms in total. The zero-order chi connectivity index (χ0) is 16.7. The highest BCUT2D eigenvalue weighted by Crippen LogP contribution is 2.10. The van der Waals surface area contributed by atoms with E-state index in [2.05, 4.69) is 21.2 Å². The number of amides is 4. The van der Waals surface area contributed by atoms with Crippen LogP contribution < -0.4 is 16.4 Å². The second-order valence-corrected chi connectivity index (χ2v) is 5.09. The van der Waals surface area contributed by atoms with Gasteiger partial charge in [-0.25, -0.2) is 4.79 Å². The van der Waals surface area contributed by atoms with Crippen LogP contribution in [0.15, 0.2) is 28.7 Å². The molecule has 1 atom stereocenters. The molecule has 0 bridgehead atoms. The van der Waals surface area contributed by atoms with Crippen LogP contribution >= 0.6 is 15.9 Å². The Morgan fingerprint density at radius 1 is 1.23 bits per heavy atom. The number of urea groups is 1. The molecule has 118 valence electrons. The van der Waals surface area contributed by atoms with Crippen molar-refractivity contribution in [3.8, 4) is 0 Å². The van der Waals surface area contributed by atoms with Crippen LogP contribution in [0.1, 0.15) is 17.3 Å². The van der Waals surface area contributed by atoms with Crippen molar-refractivity contribution in [1.29, 1.82) is 0 Å². The van der Waals surface area contributed by atoms with Crippen molar-refractivity contribution in [3.05, 3.63) is 34.3 Å². The molecular weight excluding hydrogens is 358 g/mol. The molecule has 0 saturated carbocycles. The molecule has 22 heavy (non-hydrogen) atoms. The Morgan fingerprint density at radius 2 is 1.82 bits per heavy atom. The molecule has 0 heterocycles. The van der Waals surface area contributed by atoms with Crippen LogP contribution in [-0.4, -0.2) is 36.5 Å². The van der Waals surface area contributed by atoms with E-state index in [0.29, 0.717) is 5.56 Å². The van der Waals surface area contributed by atoms with Crippen molar-refractivity contribution in [2.75, 3.05) is 6.54 Å². The lowest BCUT2D eigenvalue weighted by Crippen LogP contribution is -2.43. The lowest BCUT2D eigenvalue weighted by molar-refractivity contribution is -0.153. The van der Waals surface area contributed by atoms with E-state index in [4.69, 9.17) is 10.5 Å². The van der Waals surface area contributed by atoms with Crippen molar-refractivity contribution in [2.45, 2.75) is 13.0 Å². The van der Waals surface area contributed by atoms with E-state index in [0.717, 1.165) is 4.47 Å². The number of halogens is 1. The largest absolute Gasteiger partial charge is 0.451 e. The fraction of sp³-hybridized carbons (Fsp3) is 0.231. The summed E-state index contributed by atoms with van der Waals surface area (Å²) in [6.07, 6.45) is -1.20. The van der Waals surface area contributed by atoms with Crippen molar-refractivity contribution in [1.82, 2.24) is 10.6 Å². The number of hydrogen-bond acceptors (Lipinski definition) is 5. The van der Waals surface area contributed by atoms with Crippen LogP contribution in [0.5, 0.6) is 0 Å². The van der Waals surface area contributed by atoms with Crippen LogP contribution in [-0.2, 0) is 14.3 Å². The fourth-order valence-electron chi connectivity index (χ4n) is 1.37. The van der Waals surface area contributed by atoms with Crippen molar-refractivity contribution >= 4 is 39.7 Å². The van der Waals surface area contributed by atoms with Crippen molar-refractivity contribution in [2.24, 2.45) is 5.73 Å². The third-order valence-corrected chi connectivity index (χ3v) is 2.95. The van der Waals surface area contributed by atoms with Gasteiger partial charge in [0.2, 0.25) is 0 Å². The average molecular weight is 372 g/mol. The lowest BCUT2D eigenvalue weighted by Gasteiger charge is -2.12. The molecule has 4 amide bonds. The number of rotatable bonds is 5. The third kappa shape index (κ3) is 5.92. The van der Waals surface area contributed by atoms with Gasteiger partial charge < -0.3 is 15.8 Å². The van der Waals surface area contributed by atoms with Gasteiger partial charge in [0.05, 0.1) is 0 Å². The van der Waals surface area contributed by atoms with Gasteiger partial charge in [-0.1, -0.05) is 15.9 Å². The van der Waals surface area contributed by atoms with Gasteiger partial charge in [0, 0.05) is 10.0 Å². The summed E-state index contributed by atoms with van der Waals surface area (Å²) in [5.41, 5.74) is 5.13. The molecule has 9 heteroatoms. The van der Waals surface area contributed by atoms with Gasteiger partial charge in [0.15, 0.2) is 6.10 Å². The van der Waals surface area contributed by atoms with Gasteiger partial charge in [-0.05, 0) is 31.2 Å². The summed E-state index contributed by atoms with van der Waals surface area (Å²) >= 11 is 3.24. The summed E-state index contributed by atoms with van der Waals surface area (Å²) in [5, 5.41) is 4.13. The second kappa shape index (κ2) is 8.13. The Hall–Kier alpha value is -2.42. The van der Waals surface area contributed by atoms with Gasteiger partial charge >= 0.3 is 12.0 Å². The minimum Gasteiger partial charge on any atom is -0.451 e. The molecule has 0 spiro atoms. The van der Waals surface area contributed by atoms with E-state index in [1.165, 1.54) is 6.92 Å². The van der Waals surface area contributed by atoms with Gasteiger partial charge in [0.1, 0.15) is 6.54 Å². The fourth-order valence-corrected chi connectivity index (χ4v) is 1.64. The Labute approximate surface area is 134 Å². The van der Waals surface area contributed by atoms with Crippen LogP contribution in [0.3, 0.4) is 0 Å². The quantitative estimate of drug-likeness (QED) is 0.641. The number of carbonyl (C=O) groups excluding carboxylic acids is 4. The molecule has 0 aromatic heterocycles. The summed E-state index contributed by atoms with van der Waals surface area (Å²) < 4.78 is 5.55. The lowest BCUT2D eigenvalue weighted by atomic mass is 10.2. The number of benzene rings is 1. The van der Waals surface area contributed by atoms with Gasteiger partial charge in [-0.2, -0.15) is 0 Å². The number of hydrogen-bond donors (Lipinski definition) is 3. The molecular formula is C13H14BrN3O5. The minimum atomic E-state index is -1.20. The zero-order valence-corrected chi connectivity index (χ0v) is 13.2. The van der Waals surface area contributed by atoms with Crippen LogP contribution in [0.2, 0.25) is 0 Å². The van der Waals surface area contributed by atoms with E-state index in [1.54, 1.807) is 29.6 Å². The first-order valence-electron chi connectivity index (χ1n) is 6.13. The summed E-state index contributed by atoms with van der Waals surface area (Å²) in [5.74, 6) is -2.13. The normalized spacial score (nSPS) is 11.2. The maximum absolute atomic E-state index is 11.8. The van der Waals surface area contributed by atoms with Crippen LogP contribution in [0.25, 0.3) is 0 Å². The number of nitrogens with two attached hydrogens (primary N) is 1. The number of carbonyl (C=O) groups is 4. The molecule has 0 saturated heterocycles. The molecule has 1 aromatic rings. The highest BCUT2D eigenvalue weighted by atomic mass is 79.9. The third-order valence-electron chi connectivity index (χ3n) is 2.42. The average Bonchev–Trinajstić information content (AvgIpc) is 2.44. The highest BCUT2D eigenvalue weighted by molar-refractivity contribution is 9.10. The SMILES string of the molecule is CC(OC(=O)CNC(=O)c1ccc(Br)cc1)C(=O)NC(N)=O. The Kier molecular flexibility index (Phi) is 6.51. The van der Waals surface area contributed by atoms with Gasteiger partial charge in [-0.3, -0.25) is 19.7 Å². The number of imide groups is 1. The first-order chi connectivity index (χ1) is 10.3. The molecule has 1 rings (SSSR count). The molecule has 0 aliphatic rings. The highest BCUT2D eigenvalue weighted by Gasteiger charge is 2.19. The summed E-state index contributed by atoms with van der Waals surface area (Å²) in [7, 11) is 0. The second-order valence-electron chi connectivity index (χ2n) is 4.18. The molecule has 0 aliphatic heterocycles. The smallest absolute Gasteiger partial charge is 0.326 e. The zero-order valence-electron chi connectivity index (χ0n) is 11.6. The van der Waals surface area contributed by atoms with Crippen LogP contribution in [0.4, 0.5) is 4.79 Å². The molecule has 1 aromatic carbocycles. The molecule has 0 aliphatic carbocycles. The molecule has 0 radical (unpaired) electrons. The monoisotopic (exact) mass is 371 g/mol. The standard InChI is InChI=1S/C13H14BrN3O5/c1-7(11(19)17-13(15)21)22-10(18)6-16-12(20)8-2-4-9(14)5-3-8/h2-5,7H,6H2,1H3,(H,16,20)(H3,15,17,19,21). The maximum atomic E-state index is 11.8. The Balaban J connectivity index is 2.42. The van der Waals surface area contributed by atoms with E-state index in [1.807, 2.05) is 0 Å². The predicted octanol–water partition coefficient (Wildman–Crippen LogP) is 0.305. The van der Waals surface area contributed by atoms with E-state index in [-0.39, 0.29) is 0 Å². The van der Waals surface area contributed by atoms with E-state index >= 15 is 0 Å². The predicted molar refractivity (Wildman–Crippen MR) is 79.8 cm³/mol. The van der Waals surface area contributed by atoms with E-state index < -0.39 is 36.5 Å². The minimum absolute atomic E-state index is 0.371. The van der Waals surface area contributed by atoms with Crippen molar-refractivity contribution < 1.29 is 23.9 Å². The maximum Gasteiger partial charge on any atom is 0.326 e. The van der Waals surface area contributed by atoms with Crippen molar-refractivity contribution in [3.63, 3.8) is 0 Å². The Morgan fingerprint density at radius 3 is 2.36 bits per heavy atom. The summed E-state index contributed by atoms with van der Waals surface area (Å²) in [6, 6.07) is 5.48. The van der Waals surface area contributed by atoms with Crippen LogP contribution in [0, 0.1) is 0 Å². The van der Waals surface area contributed by atoms with E-state index in [9.17, 15) is 19.2 Å². The van der Waals surface area contributed by atoms with Gasteiger partial charge in [-0.15, -0.1) is 0 Å². The number of nitrogens with one attached hydrogen (secondary N) is 2. The summed E-state index contributed by atoms with van der Waals surface area (Å²) in [4.78, 5) is 45.0. The molecule has 0 fully saturated rings. The first kappa shape index (κ1) is 17.6.